The van der Waals surface area contributed by atoms with Gasteiger partial charge in [0.2, 0.25) is 0 Å². The van der Waals surface area contributed by atoms with Crippen LogP contribution in [-0.4, -0.2) is 19.6 Å². The van der Waals surface area contributed by atoms with E-state index in [4.69, 9.17) is 14.9 Å². The molecule has 0 fully saturated rings. The fourth-order valence-electron chi connectivity index (χ4n) is 4.32. The summed E-state index contributed by atoms with van der Waals surface area (Å²) >= 11 is 0. The highest BCUT2D eigenvalue weighted by Crippen LogP contribution is 2.28. The van der Waals surface area contributed by atoms with Crippen molar-refractivity contribution >= 4 is 21.8 Å². The second kappa shape index (κ2) is 7.64. The largest absolute Gasteiger partial charge is 0.457 e. The van der Waals surface area contributed by atoms with E-state index in [1.807, 2.05) is 94.3 Å². The van der Waals surface area contributed by atoms with Gasteiger partial charge in [-0.25, -0.2) is 9.36 Å². The third-order valence-electron chi connectivity index (χ3n) is 6.00. The minimum atomic E-state index is 0.756. The molecule has 0 bridgehead atoms. The van der Waals surface area contributed by atoms with Gasteiger partial charge in [0.15, 0.2) is 0 Å². The fraction of sp³-hybridized carbons (Fsp3) is 0.0714. The summed E-state index contributed by atoms with van der Waals surface area (Å²) in [5.74, 6) is 1.51. The highest BCUT2D eigenvalue weighted by atomic mass is 16.5. The van der Waals surface area contributed by atoms with Crippen LogP contribution in [0.1, 0.15) is 11.4 Å². The predicted octanol–water partition coefficient (Wildman–Crippen LogP) is 6.77. The number of nitrogens with zero attached hydrogens (tertiary/aromatic N) is 4. The predicted molar refractivity (Wildman–Crippen MR) is 132 cm³/mol. The van der Waals surface area contributed by atoms with Gasteiger partial charge in [-0.05, 0) is 50.2 Å². The quantitative estimate of drug-likeness (QED) is 0.310. The molecule has 6 rings (SSSR count). The minimum absolute atomic E-state index is 0.756. The molecule has 0 N–H and O–H groups in total. The van der Waals surface area contributed by atoms with E-state index in [0.717, 1.165) is 56.1 Å². The van der Waals surface area contributed by atoms with Crippen molar-refractivity contribution in [2.75, 3.05) is 0 Å². The zero-order valence-electron chi connectivity index (χ0n) is 18.4. The Morgan fingerprint density at radius 2 is 1.00 bits per heavy atom. The number of benzene rings is 4. The molecule has 0 atom stereocenters. The van der Waals surface area contributed by atoms with Crippen LogP contribution in [0, 0.1) is 13.8 Å². The standard InChI is InChI=1S/C28H22N4O/c1-19-25-13-3-5-15-27(25)29-31(19)21-9-7-11-23(17-21)33-24-12-8-10-22(18-24)32-20(2)26-14-4-6-16-28(26)30-32/h3-18H,1-2H3. The van der Waals surface area contributed by atoms with Gasteiger partial charge in [-0.2, -0.15) is 10.2 Å². The van der Waals surface area contributed by atoms with Crippen LogP contribution in [-0.2, 0) is 0 Å². The van der Waals surface area contributed by atoms with E-state index in [1.165, 1.54) is 0 Å². The van der Waals surface area contributed by atoms with Crippen LogP contribution in [0.5, 0.6) is 11.5 Å². The molecular formula is C28H22N4O. The van der Waals surface area contributed by atoms with Gasteiger partial charge in [-0.1, -0.05) is 48.5 Å². The van der Waals surface area contributed by atoms with E-state index in [1.54, 1.807) is 0 Å². The van der Waals surface area contributed by atoms with Crippen LogP contribution in [0.15, 0.2) is 97.1 Å². The molecule has 0 aliphatic rings. The number of hydrogen-bond donors (Lipinski definition) is 0. The SMILES string of the molecule is Cc1c2ccccc2nn1-c1cccc(Oc2cccc(-n3nc4ccccc4c3C)c2)c1. The number of fused-ring (bicyclic) bond motifs is 2. The molecule has 0 radical (unpaired) electrons. The molecule has 2 heterocycles. The lowest BCUT2D eigenvalue weighted by atomic mass is 10.2. The topological polar surface area (TPSA) is 44.9 Å². The van der Waals surface area contributed by atoms with Crippen molar-refractivity contribution in [3.63, 3.8) is 0 Å². The summed E-state index contributed by atoms with van der Waals surface area (Å²) in [6.07, 6.45) is 0. The molecule has 5 heteroatoms. The number of hydrogen-bond acceptors (Lipinski definition) is 3. The third kappa shape index (κ3) is 3.34. The van der Waals surface area contributed by atoms with Crippen molar-refractivity contribution in [3.05, 3.63) is 108 Å². The van der Waals surface area contributed by atoms with E-state index in [-0.39, 0.29) is 0 Å². The van der Waals surface area contributed by atoms with E-state index >= 15 is 0 Å². The summed E-state index contributed by atoms with van der Waals surface area (Å²) in [4.78, 5) is 0. The van der Waals surface area contributed by atoms with Crippen LogP contribution < -0.4 is 4.74 Å². The Bertz CT molecular complexity index is 1500. The molecule has 5 nitrogen and oxygen atoms in total. The number of aromatic nitrogens is 4. The number of rotatable bonds is 4. The van der Waals surface area contributed by atoms with Gasteiger partial charge in [0.05, 0.1) is 22.4 Å². The van der Waals surface area contributed by atoms with Gasteiger partial charge >= 0.3 is 0 Å². The summed E-state index contributed by atoms with van der Waals surface area (Å²) in [5.41, 5.74) is 6.10. The molecule has 0 unspecified atom stereocenters. The summed E-state index contributed by atoms with van der Waals surface area (Å²) < 4.78 is 10.2. The third-order valence-corrected chi connectivity index (χ3v) is 6.00. The van der Waals surface area contributed by atoms with Gasteiger partial charge in [-0.3, -0.25) is 0 Å². The second-order valence-corrected chi connectivity index (χ2v) is 8.13. The summed E-state index contributed by atoms with van der Waals surface area (Å²) in [7, 11) is 0. The molecule has 2 aromatic heterocycles. The molecule has 4 aromatic carbocycles. The summed E-state index contributed by atoms with van der Waals surface area (Å²) in [6.45, 7) is 4.17. The molecule has 0 saturated carbocycles. The van der Waals surface area contributed by atoms with Gasteiger partial charge in [0, 0.05) is 34.3 Å². The van der Waals surface area contributed by atoms with Crippen LogP contribution in [0.2, 0.25) is 0 Å². The van der Waals surface area contributed by atoms with E-state index in [0.29, 0.717) is 0 Å². The molecule has 0 amide bonds. The first-order valence-corrected chi connectivity index (χ1v) is 10.9. The van der Waals surface area contributed by atoms with Gasteiger partial charge < -0.3 is 4.74 Å². The number of aryl methyl sites for hydroxylation is 2. The monoisotopic (exact) mass is 430 g/mol. The Morgan fingerprint density at radius 1 is 0.545 bits per heavy atom. The summed E-state index contributed by atoms with van der Waals surface area (Å²) in [5, 5.41) is 11.8. The fourth-order valence-corrected chi connectivity index (χ4v) is 4.32. The van der Waals surface area contributed by atoms with E-state index in [2.05, 4.69) is 26.0 Å². The maximum Gasteiger partial charge on any atom is 0.129 e. The lowest BCUT2D eigenvalue weighted by molar-refractivity contribution is 0.481. The smallest absolute Gasteiger partial charge is 0.129 e. The highest BCUT2D eigenvalue weighted by molar-refractivity contribution is 5.82. The van der Waals surface area contributed by atoms with Crippen LogP contribution >= 0.6 is 0 Å². The molecular weight excluding hydrogens is 408 g/mol. The molecule has 0 aliphatic carbocycles. The zero-order valence-corrected chi connectivity index (χ0v) is 18.4. The molecule has 0 aliphatic heterocycles. The molecule has 0 saturated heterocycles. The van der Waals surface area contributed by atoms with E-state index < -0.39 is 0 Å². The lowest BCUT2D eigenvalue weighted by Crippen LogP contribution is -2.00. The molecule has 6 aromatic rings. The first-order valence-electron chi connectivity index (χ1n) is 10.9. The first kappa shape index (κ1) is 19.3. The van der Waals surface area contributed by atoms with Crippen molar-refractivity contribution in [2.45, 2.75) is 13.8 Å². The van der Waals surface area contributed by atoms with Gasteiger partial charge in [0.25, 0.3) is 0 Å². The van der Waals surface area contributed by atoms with Crippen LogP contribution in [0.25, 0.3) is 33.2 Å². The Labute approximate surface area is 191 Å². The van der Waals surface area contributed by atoms with Gasteiger partial charge in [-0.15, -0.1) is 0 Å². The van der Waals surface area contributed by atoms with E-state index in [9.17, 15) is 0 Å². The molecule has 160 valence electrons. The number of ether oxygens (including phenoxy) is 1. The Morgan fingerprint density at radius 3 is 1.45 bits per heavy atom. The maximum absolute atomic E-state index is 6.25. The van der Waals surface area contributed by atoms with Crippen molar-refractivity contribution in [1.82, 2.24) is 19.6 Å². The normalized spacial score (nSPS) is 11.3. The highest BCUT2D eigenvalue weighted by Gasteiger charge is 2.11. The van der Waals surface area contributed by atoms with Crippen LogP contribution in [0.3, 0.4) is 0 Å². The zero-order chi connectivity index (χ0) is 22.4. The lowest BCUT2D eigenvalue weighted by Gasteiger charge is -2.11. The second-order valence-electron chi connectivity index (χ2n) is 8.13. The average molecular weight is 431 g/mol. The van der Waals surface area contributed by atoms with Crippen molar-refractivity contribution < 1.29 is 4.74 Å². The van der Waals surface area contributed by atoms with Crippen molar-refractivity contribution in [3.8, 4) is 22.9 Å². The molecule has 33 heavy (non-hydrogen) atoms. The summed E-state index contributed by atoms with van der Waals surface area (Å²) in [6, 6.07) is 32.4. The van der Waals surface area contributed by atoms with Crippen molar-refractivity contribution in [2.24, 2.45) is 0 Å². The van der Waals surface area contributed by atoms with Crippen LogP contribution in [0.4, 0.5) is 0 Å². The van der Waals surface area contributed by atoms with Crippen molar-refractivity contribution in [1.29, 1.82) is 0 Å². The first-order chi connectivity index (χ1) is 16.2. The Balaban J connectivity index is 1.34. The minimum Gasteiger partial charge on any atom is -0.457 e. The maximum atomic E-state index is 6.25. The van der Waals surface area contributed by atoms with Gasteiger partial charge in [0.1, 0.15) is 11.5 Å². The Kier molecular flexibility index (Phi) is 4.47. The average Bonchev–Trinajstić information content (AvgIpc) is 3.37. The Hall–Kier alpha value is -4.38. The molecule has 0 spiro atoms.